The second-order valence-corrected chi connectivity index (χ2v) is 7.84. The molecule has 0 fully saturated rings. The quantitative estimate of drug-likeness (QED) is 0.256. The molecule has 0 atom stereocenters. The number of nitrogens with zero attached hydrogens (tertiary/aromatic N) is 1. The predicted octanol–water partition coefficient (Wildman–Crippen LogP) is 3.25. The van der Waals surface area contributed by atoms with Crippen LogP contribution in [0.3, 0.4) is 0 Å². The number of imide groups is 1. The Labute approximate surface area is 220 Å². The van der Waals surface area contributed by atoms with Crippen LogP contribution in [0.25, 0.3) is 11.1 Å². The highest BCUT2D eigenvalue weighted by molar-refractivity contribution is 6.25. The second-order valence-electron chi connectivity index (χ2n) is 7.84. The molecule has 0 spiro atoms. The van der Waals surface area contributed by atoms with Crippen LogP contribution in [-0.2, 0) is 38.1 Å². The SMILES string of the molecule is CCOC(=O)c1c2ccc(C(C(=O)OCC)C(=O)OCC)ccc-2c(C(=O)OCC)c1N(C(C)=O)C(C)=O. The van der Waals surface area contributed by atoms with E-state index in [-0.39, 0.29) is 59.9 Å². The maximum atomic E-state index is 13.2. The summed E-state index contributed by atoms with van der Waals surface area (Å²) in [5.74, 6) is -6.38. The molecule has 204 valence electrons. The van der Waals surface area contributed by atoms with E-state index in [1.54, 1.807) is 27.7 Å². The maximum absolute atomic E-state index is 13.2. The molecule has 2 amide bonds. The van der Waals surface area contributed by atoms with Gasteiger partial charge in [0.2, 0.25) is 11.8 Å². The summed E-state index contributed by atoms with van der Waals surface area (Å²) in [7, 11) is 0. The van der Waals surface area contributed by atoms with Crippen molar-refractivity contribution in [2.24, 2.45) is 0 Å². The van der Waals surface area contributed by atoms with E-state index in [1.807, 2.05) is 0 Å². The number of carbonyl (C=O) groups is 6. The van der Waals surface area contributed by atoms with Crippen molar-refractivity contribution in [3.63, 3.8) is 0 Å². The standard InChI is InChI=1S/C27H31NO10/c1-7-35-24(31)20(25(32)36-8-2)17-11-13-18-19(14-12-17)22(27(34)38-10-4)23(21(18)26(33)37-9-3)28(15(5)29)16(6)30/h11-14,20H,7-10H2,1-6H3. The van der Waals surface area contributed by atoms with Gasteiger partial charge in [0.1, 0.15) is 0 Å². The van der Waals surface area contributed by atoms with Gasteiger partial charge >= 0.3 is 23.9 Å². The van der Waals surface area contributed by atoms with Crippen LogP contribution in [0.2, 0.25) is 0 Å². The van der Waals surface area contributed by atoms with E-state index in [0.717, 1.165) is 13.8 Å². The zero-order chi connectivity index (χ0) is 28.6. The Morgan fingerprint density at radius 3 is 1.32 bits per heavy atom. The number of carbonyl (C=O) groups excluding carboxylic acids is 6. The fraction of sp³-hybridized carbons (Fsp3) is 0.407. The van der Waals surface area contributed by atoms with Crippen molar-refractivity contribution in [1.29, 1.82) is 0 Å². The van der Waals surface area contributed by atoms with Crippen LogP contribution in [0.15, 0.2) is 24.3 Å². The first kappa shape index (κ1) is 29.9. The summed E-state index contributed by atoms with van der Waals surface area (Å²) in [5.41, 5.74) is -0.280. The first-order valence-corrected chi connectivity index (χ1v) is 12.1. The van der Waals surface area contributed by atoms with E-state index in [0.29, 0.717) is 4.90 Å². The molecule has 0 unspecified atom stereocenters. The summed E-state index contributed by atoms with van der Waals surface area (Å²) >= 11 is 0. The first-order valence-electron chi connectivity index (χ1n) is 12.1. The Hall–Kier alpha value is -4.28. The lowest BCUT2D eigenvalue weighted by atomic mass is 10.0. The van der Waals surface area contributed by atoms with Crippen molar-refractivity contribution in [3.05, 3.63) is 41.0 Å². The Bertz CT molecular complexity index is 1130. The molecular formula is C27H31NO10. The molecule has 0 bridgehead atoms. The van der Waals surface area contributed by atoms with Crippen LogP contribution < -0.4 is 4.90 Å². The van der Waals surface area contributed by atoms with E-state index in [2.05, 4.69) is 0 Å². The Morgan fingerprint density at radius 2 is 1.00 bits per heavy atom. The van der Waals surface area contributed by atoms with E-state index < -0.39 is 41.6 Å². The number of amides is 2. The van der Waals surface area contributed by atoms with Crippen molar-refractivity contribution in [3.8, 4) is 11.1 Å². The number of esters is 4. The van der Waals surface area contributed by atoms with Gasteiger partial charge in [-0.15, -0.1) is 0 Å². The minimum absolute atomic E-state index is 0.0238. The molecule has 0 saturated carbocycles. The molecule has 0 aromatic carbocycles. The summed E-state index contributed by atoms with van der Waals surface area (Å²) in [5, 5.41) is 0. The molecule has 0 radical (unpaired) electrons. The van der Waals surface area contributed by atoms with Gasteiger partial charge in [0.25, 0.3) is 0 Å². The van der Waals surface area contributed by atoms with Crippen molar-refractivity contribution in [1.82, 2.24) is 0 Å². The Balaban J connectivity index is 3.01. The third kappa shape index (κ3) is 6.16. The molecule has 38 heavy (non-hydrogen) atoms. The average Bonchev–Trinajstić information content (AvgIpc) is 2.99. The number of anilines is 1. The molecule has 0 heterocycles. The van der Waals surface area contributed by atoms with Crippen LogP contribution in [0, 0.1) is 0 Å². The Kier molecular flexibility index (Phi) is 10.5. The molecule has 2 aliphatic rings. The van der Waals surface area contributed by atoms with Gasteiger partial charge in [-0.2, -0.15) is 0 Å². The maximum Gasteiger partial charge on any atom is 0.340 e. The van der Waals surface area contributed by atoms with Crippen molar-refractivity contribution in [2.45, 2.75) is 47.5 Å². The zero-order valence-corrected chi connectivity index (χ0v) is 22.2. The predicted molar refractivity (Wildman–Crippen MR) is 135 cm³/mol. The summed E-state index contributed by atoms with van der Waals surface area (Å²) < 4.78 is 20.5. The fourth-order valence-corrected chi connectivity index (χ4v) is 4.00. The normalized spacial score (nSPS) is 10.6. The molecule has 0 aromatic rings. The largest absolute Gasteiger partial charge is 0.465 e. The average molecular weight is 530 g/mol. The molecule has 0 aliphatic heterocycles. The summed E-state index contributed by atoms with van der Waals surface area (Å²) in [6.07, 6.45) is 0. The molecule has 11 nitrogen and oxygen atoms in total. The summed E-state index contributed by atoms with van der Waals surface area (Å²) in [6.45, 7) is 8.55. The summed E-state index contributed by atoms with van der Waals surface area (Å²) in [4.78, 5) is 77.3. The van der Waals surface area contributed by atoms with Crippen LogP contribution in [0.5, 0.6) is 0 Å². The molecule has 2 aliphatic carbocycles. The second kappa shape index (κ2) is 13.3. The van der Waals surface area contributed by atoms with Crippen LogP contribution >= 0.6 is 0 Å². The van der Waals surface area contributed by atoms with E-state index in [9.17, 15) is 28.8 Å². The lowest BCUT2D eigenvalue weighted by Gasteiger charge is -2.19. The highest BCUT2D eigenvalue weighted by Crippen LogP contribution is 2.44. The zero-order valence-electron chi connectivity index (χ0n) is 22.2. The summed E-state index contributed by atoms with van der Waals surface area (Å²) in [6, 6.07) is 5.59. The molecule has 0 saturated heterocycles. The van der Waals surface area contributed by atoms with Gasteiger partial charge < -0.3 is 18.9 Å². The van der Waals surface area contributed by atoms with Crippen LogP contribution in [-0.4, -0.2) is 62.1 Å². The molecule has 0 N–H and O–H groups in total. The van der Waals surface area contributed by atoms with Gasteiger partial charge in [-0.05, 0) is 44.4 Å². The lowest BCUT2D eigenvalue weighted by Crippen LogP contribution is -2.35. The number of hydrogen-bond donors (Lipinski definition) is 0. The van der Waals surface area contributed by atoms with Gasteiger partial charge in [-0.1, -0.05) is 24.3 Å². The van der Waals surface area contributed by atoms with E-state index >= 15 is 0 Å². The third-order valence-corrected chi connectivity index (χ3v) is 5.38. The molecule has 2 rings (SSSR count). The highest BCUT2D eigenvalue weighted by Gasteiger charge is 2.38. The van der Waals surface area contributed by atoms with Crippen molar-refractivity contribution >= 4 is 41.4 Å². The highest BCUT2D eigenvalue weighted by atomic mass is 16.6. The molecule has 0 aromatic heterocycles. The van der Waals surface area contributed by atoms with E-state index in [1.165, 1.54) is 24.3 Å². The van der Waals surface area contributed by atoms with E-state index in [4.69, 9.17) is 18.9 Å². The van der Waals surface area contributed by atoms with Gasteiger partial charge in [0.05, 0.1) is 43.2 Å². The monoisotopic (exact) mass is 529 g/mol. The minimum atomic E-state index is -1.44. The van der Waals surface area contributed by atoms with Crippen LogP contribution in [0.4, 0.5) is 5.69 Å². The van der Waals surface area contributed by atoms with Crippen molar-refractivity contribution < 1.29 is 47.7 Å². The van der Waals surface area contributed by atoms with Gasteiger partial charge in [0, 0.05) is 13.8 Å². The van der Waals surface area contributed by atoms with Gasteiger partial charge in [-0.3, -0.25) is 19.2 Å². The Morgan fingerprint density at radius 1 is 0.632 bits per heavy atom. The van der Waals surface area contributed by atoms with Crippen molar-refractivity contribution in [2.75, 3.05) is 31.3 Å². The number of rotatable bonds is 10. The fourth-order valence-electron chi connectivity index (χ4n) is 4.00. The number of fused-ring (bicyclic) bond motifs is 1. The topological polar surface area (TPSA) is 143 Å². The van der Waals surface area contributed by atoms with Gasteiger partial charge in [-0.25, -0.2) is 14.5 Å². The van der Waals surface area contributed by atoms with Gasteiger partial charge in [0.15, 0.2) is 5.92 Å². The minimum Gasteiger partial charge on any atom is -0.465 e. The number of ether oxygens (including phenoxy) is 4. The lowest BCUT2D eigenvalue weighted by molar-refractivity contribution is -0.157. The molecule has 11 heteroatoms. The molecular weight excluding hydrogens is 498 g/mol. The first-order chi connectivity index (χ1) is 18.0. The third-order valence-electron chi connectivity index (χ3n) is 5.38. The van der Waals surface area contributed by atoms with Crippen LogP contribution in [0.1, 0.15) is 73.7 Å². The number of hydrogen-bond acceptors (Lipinski definition) is 10. The smallest absolute Gasteiger partial charge is 0.340 e.